The monoisotopic (exact) mass is 390 g/mol. The summed E-state index contributed by atoms with van der Waals surface area (Å²) in [4.78, 5) is 15.2. The summed E-state index contributed by atoms with van der Waals surface area (Å²) in [6.45, 7) is 3.25. The smallest absolute Gasteiger partial charge is 0.416 e. The molecule has 4 aliphatic rings. The van der Waals surface area contributed by atoms with Gasteiger partial charge in [-0.05, 0) is 54.9 Å². The number of hydrogen-bond acceptors (Lipinski definition) is 3. The maximum atomic E-state index is 12.9. The van der Waals surface area contributed by atoms with E-state index in [0.29, 0.717) is 17.4 Å². The third kappa shape index (κ3) is 3.11. The zero-order valence-electron chi connectivity index (χ0n) is 15.2. The molecule has 148 valence electrons. The lowest BCUT2D eigenvalue weighted by Gasteiger charge is -2.55. The number of nitrogens with one attached hydrogen (secondary N) is 1. The van der Waals surface area contributed by atoms with Crippen LogP contribution in [0.15, 0.2) is 40.8 Å². The molecule has 1 N–H and O–H groups in total. The summed E-state index contributed by atoms with van der Waals surface area (Å²) in [5.74, 6) is 1.82. The topological polar surface area (TPSA) is 45.5 Å². The maximum Gasteiger partial charge on any atom is 0.416 e. The maximum absolute atomic E-state index is 12.9. The Bertz CT molecular complexity index is 877. The van der Waals surface area contributed by atoms with Crippen LogP contribution >= 0.6 is 0 Å². The van der Waals surface area contributed by atoms with Crippen molar-refractivity contribution in [1.82, 2.24) is 10.2 Å². The Kier molecular flexibility index (Phi) is 4.05. The van der Waals surface area contributed by atoms with Crippen LogP contribution in [0.5, 0.6) is 0 Å². The highest BCUT2D eigenvalue weighted by atomic mass is 19.4. The summed E-state index contributed by atoms with van der Waals surface area (Å²) in [5.41, 5.74) is -0.438. The highest BCUT2D eigenvalue weighted by Crippen LogP contribution is 2.43. The van der Waals surface area contributed by atoms with Crippen molar-refractivity contribution in [3.63, 3.8) is 0 Å². The van der Waals surface area contributed by atoms with Gasteiger partial charge in [0.25, 0.3) is 5.91 Å². The normalized spacial score (nSPS) is 31.2. The summed E-state index contributed by atoms with van der Waals surface area (Å²) >= 11 is 0. The first-order valence-corrected chi connectivity index (χ1v) is 9.67. The molecule has 3 aliphatic heterocycles. The fourth-order valence-electron chi connectivity index (χ4n) is 5.33. The number of alkyl halides is 3. The van der Waals surface area contributed by atoms with Gasteiger partial charge in [0.2, 0.25) is 0 Å². The first kappa shape index (κ1) is 17.8. The lowest BCUT2D eigenvalue weighted by molar-refractivity contribution is -0.137. The van der Waals surface area contributed by atoms with E-state index in [1.165, 1.54) is 18.7 Å². The minimum absolute atomic E-state index is 0.140. The van der Waals surface area contributed by atoms with Gasteiger partial charge in [0.15, 0.2) is 5.76 Å². The van der Waals surface area contributed by atoms with E-state index in [-0.39, 0.29) is 23.5 Å². The molecular formula is C21H21F3N2O2. The summed E-state index contributed by atoms with van der Waals surface area (Å²) in [5, 5.41) is 3.14. The fraction of sp³-hybridized carbons (Fsp3) is 0.476. The molecule has 4 heterocycles. The molecule has 2 aromatic rings. The van der Waals surface area contributed by atoms with Crippen molar-refractivity contribution >= 4 is 5.91 Å². The predicted molar refractivity (Wildman–Crippen MR) is 96.5 cm³/mol. The molecule has 4 nitrogen and oxygen atoms in total. The lowest BCUT2D eigenvalue weighted by atomic mass is 9.65. The van der Waals surface area contributed by atoms with Crippen LogP contribution in [0.4, 0.5) is 13.2 Å². The Labute approximate surface area is 160 Å². The number of benzene rings is 1. The van der Waals surface area contributed by atoms with Crippen molar-refractivity contribution in [2.24, 2.45) is 17.8 Å². The minimum atomic E-state index is -4.42. The molecule has 4 bridgehead atoms. The molecule has 2 atom stereocenters. The van der Waals surface area contributed by atoms with Crippen LogP contribution in [-0.2, 0) is 6.18 Å². The zero-order valence-corrected chi connectivity index (χ0v) is 15.2. The number of nitrogens with zero attached hydrogens (tertiary/aromatic N) is 1. The number of halogens is 3. The van der Waals surface area contributed by atoms with Gasteiger partial charge in [0.1, 0.15) is 5.76 Å². The van der Waals surface area contributed by atoms with Crippen molar-refractivity contribution < 1.29 is 22.4 Å². The molecule has 1 amide bonds. The second-order valence-corrected chi connectivity index (χ2v) is 8.32. The van der Waals surface area contributed by atoms with Gasteiger partial charge in [-0.2, -0.15) is 13.2 Å². The highest BCUT2D eigenvalue weighted by Gasteiger charge is 2.48. The van der Waals surface area contributed by atoms with Crippen LogP contribution in [0.2, 0.25) is 0 Å². The Balaban J connectivity index is 1.32. The van der Waals surface area contributed by atoms with Gasteiger partial charge in [0, 0.05) is 31.2 Å². The quantitative estimate of drug-likeness (QED) is 0.861. The van der Waals surface area contributed by atoms with Gasteiger partial charge in [-0.15, -0.1) is 0 Å². The number of carbonyl (C=O) groups excluding carboxylic acids is 1. The van der Waals surface area contributed by atoms with Gasteiger partial charge < -0.3 is 14.6 Å². The first-order valence-electron chi connectivity index (χ1n) is 9.67. The number of amides is 1. The summed E-state index contributed by atoms with van der Waals surface area (Å²) in [6.07, 6.45) is -2.10. The van der Waals surface area contributed by atoms with E-state index in [1.807, 2.05) is 0 Å². The molecule has 7 heteroatoms. The molecule has 28 heavy (non-hydrogen) atoms. The average Bonchev–Trinajstić information content (AvgIpc) is 3.14. The molecule has 1 aliphatic carbocycles. The van der Waals surface area contributed by atoms with Gasteiger partial charge >= 0.3 is 6.18 Å². The Hall–Kier alpha value is -2.28. The molecule has 1 aromatic heterocycles. The van der Waals surface area contributed by atoms with E-state index in [0.717, 1.165) is 44.0 Å². The third-order valence-electron chi connectivity index (χ3n) is 6.39. The van der Waals surface area contributed by atoms with E-state index in [4.69, 9.17) is 4.42 Å². The summed E-state index contributed by atoms with van der Waals surface area (Å²) in [6, 6.07) is 8.17. The predicted octanol–water partition coefficient (Wildman–Crippen LogP) is 4.04. The number of furan rings is 1. The van der Waals surface area contributed by atoms with Crippen LogP contribution in [0.1, 0.15) is 29.0 Å². The van der Waals surface area contributed by atoms with Crippen molar-refractivity contribution in [3.05, 3.63) is 47.7 Å². The van der Waals surface area contributed by atoms with Crippen LogP contribution in [-0.4, -0.2) is 36.5 Å². The Morgan fingerprint density at radius 3 is 2.50 bits per heavy atom. The molecule has 1 aromatic carbocycles. The van der Waals surface area contributed by atoms with Crippen molar-refractivity contribution in [2.75, 3.05) is 19.6 Å². The van der Waals surface area contributed by atoms with Crippen molar-refractivity contribution in [3.8, 4) is 11.3 Å². The molecule has 4 fully saturated rings. The van der Waals surface area contributed by atoms with E-state index in [1.54, 1.807) is 12.1 Å². The highest BCUT2D eigenvalue weighted by molar-refractivity contribution is 5.92. The second-order valence-electron chi connectivity index (χ2n) is 8.32. The van der Waals surface area contributed by atoms with Crippen molar-refractivity contribution in [1.29, 1.82) is 0 Å². The van der Waals surface area contributed by atoms with E-state index >= 15 is 0 Å². The molecule has 1 saturated carbocycles. The third-order valence-corrected chi connectivity index (χ3v) is 6.39. The molecule has 0 unspecified atom stereocenters. The minimum Gasteiger partial charge on any atom is -0.451 e. The van der Waals surface area contributed by atoms with Gasteiger partial charge in [-0.1, -0.05) is 12.1 Å². The van der Waals surface area contributed by atoms with Crippen LogP contribution in [0.25, 0.3) is 11.3 Å². The zero-order chi connectivity index (χ0) is 19.5. The molecule has 3 saturated heterocycles. The van der Waals surface area contributed by atoms with E-state index in [2.05, 4.69) is 10.2 Å². The summed E-state index contributed by atoms with van der Waals surface area (Å²) in [7, 11) is 0. The van der Waals surface area contributed by atoms with Gasteiger partial charge in [-0.3, -0.25) is 4.79 Å². The molecular weight excluding hydrogens is 369 g/mol. The van der Waals surface area contributed by atoms with Crippen molar-refractivity contribution in [2.45, 2.75) is 25.1 Å². The largest absolute Gasteiger partial charge is 0.451 e. The van der Waals surface area contributed by atoms with E-state index in [9.17, 15) is 18.0 Å². The number of hydrogen-bond donors (Lipinski definition) is 1. The van der Waals surface area contributed by atoms with Gasteiger partial charge in [0.05, 0.1) is 5.56 Å². The first-order chi connectivity index (χ1) is 13.4. The Morgan fingerprint density at radius 1 is 1.07 bits per heavy atom. The molecule has 0 radical (unpaired) electrons. The fourth-order valence-corrected chi connectivity index (χ4v) is 5.33. The van der Waals surface area contributed by atoms with Crippen LogP contribution < -0.4 is 5.32 Å². The lowest BCUT2D eigenvalue weighted by Crippen LogP contribution is -2.64. The second kappa shape index (κ2) is 6.37. The van der Waals surface area contributed by atoms with Crippen LogP contribution in [0, 0.1) is 17.8 Å². The van der Waals surface area contributed by atoms with Gasteiger partial charge in [-0.25, -0.2) is 0 Å². The van der Waals surface area contributed by atoms with Crippen LogP contribution in [0.3, 0.4) is 0 Å². The SMILES string of the molecule is O=C(NC1[C@H]2CC3C[C@H]1CN(C3)C2)c1ccc(-c2cccc(C(F)(F)F)c2)o1. The number of piperidine rings is 3. The standard InChI is InChI=1S/C21H21F3N2O2/c22-21(23,24)16-3-1-2-13(8-16)17-4-5-18(28-17)20(27)25-19-14-6-12-7-15(19)11-26(9-12)10-14/h1-5,8,12,14-15,19H,6-7,9-11H2,(H,25,27)/t12?,14-,15-,19?/m0/s1. The Morgan fingerprint density at radius 2 is 1.82 bits per heavy atom. The van der Waals surface area contributed by atoms with E-state index < -0.39 is 11.7 Å². The number of rotatable bonds is 3. The average molecular weight is 390 g/mol. The molecule has 6 rings (SSSR count). The summed E-state index contributed by atoms with van der Waals surface area (Å²) < 4.78 is 44.4. The molecule has 0 spiro atoms. The number of carbonyl (C=O) groups is 1.